The van der Waals surface area contributed by atoms with Gasteiger partial charge in [0.05, 0.1) is 5.39 Å². The molecule has 1 aromatic heterocycles. The summed E-state index contributed by atoms with van der Waals surface area (Å²) in [5.74, 6) is -2.30. The molecule has 0 saturated heterocycles. The van der Waals surface area contributed by atoms with Gasteiger partial charge in [0.15, 0.2) is 11.7 Å². The van der Waals surface area contributed by atoms with Gasteiger partial charge in [-0.25, -0.2) is 13.9 Å². The van der Waals surface area contributed by atoms with Gasteiger partial charge in [-0.3, -0.25) is 9.59 Å². The highest BCUT2D eigenvalue weighted by atomic mass is 19.1. The molecular formula is C20H16FN3O4. The highest BCUT2D eigenvalue weighted by Gasteiger charge is 2.32. The Balaban J connectivity index is 1.94. The zero-order valence-corrected chi connectivity index (χ0v) is 14.6. The van der Waals surface area contributed by atoms with Crippen molar-refractivity contribution in [1.29, 1.82) is 0 Å². The number of hydrogen-bond acceptors (Lipinski definition) is 4. The number of aromatic carboxylic acids is 1. The first-order valence-electron chi connectivity index (χ1n) is 8.76. The summed E-state index contributed by atoms with van der Waals surface area (Å²) in [5, 5.41) is 16.7. The molecule has 0 aliphatic heterocycles. The Hall–Kier alpha value is -3.55. The molecule has 1 unspecified atom stereocenters. The average molecular weight is 381 g/mol. The van der Waals surface area contributed by atoms with Crippen LogP contribution in [0.2, 0.25) is 0 Å². The second kappa shape index (κ2) is 6.88. The molecule has 1 aliphatic rings. The fourth-order valence-corrected chi connectivity index (χ4v) is 3.10. The maximum Gasteiger partial charge on any atom is 0.357 e. The Kier molecular flexibility index (Phi) is 4.38. The SMILES string of the molecule is O=C(O)c1nn(C(C(=O)NC2CC2)c2ccc(F)cc2)c(=O)c2ccccc12. The van der Waals surface area contributed by atoms with Crippen LogP contribution in [0.1, 0.15) is 34.9 Å². The largest absolute Gasteiger partial charge is 0.476 e. The number of halogens is 1. The van der Waals surface area contributed by atoms with Gasteiger partial charge in [-0.1, -0.05) is 30.3 Å². The number of nitrogens with zero attached hydrogens (tertiary/aromatic N) is 2. The van der Waals surface area contributed by atoms with Gasteiger partial charge < -0.3 is 10.4 Å². The van der Waals surface area contributed by atoms with E-state index >= 15 is 0 Å². The Labute approximate surface area is 158 Å². The topological polar surface area (TPSA) is 101 Å². The highest BCUT2D eigenvalue weighted by Crippen LogP contribution is 2.24. The van der Waals surface area contributed by atoms with E-state index < -0.39 is 29.3 Å². The summed E-state index contributed by atoms with van der Waals surface area (Å²) in [6.45, 7) is 0. The Morgan fingerprint density at radius 2 is 1.75 bits per heavy atom. The lowest BCUT2D eigenvalue weighted by molar-refractivity contribution is -0.123. The molecule has 2 N–H and O–H groups in total. The lowest BCUT2D eigenvalue weighted by Gasteiger charge is -2.20. The molecule has 4 rings (SSSR count). The number of nitrogens with one attached hydrogen (secondary N) is 1. The van der Waals surface area contributed by atoms with Crippen molar-refractivity contribution in [2.24, 2.45) is 0 Å². The molecule has 1 amide bonds. The van der Waals surface area contributed by atoms with E-state index in [0.29, 0.717) is 5.56 Å². The van der Waals surface area contributed by atoms with Crippen molar-refractivity contribution in [3.63, 3.8) is 0 Å². The highest BCUT2D eigenvalue weighted by molar-refractivity contribution is 6.01. The van der Waals surface area contributed by atoms with Gasteiger partial charge in [0.25, 0.3) is 5.56 Å². The molecule has 1 heterocycles. The maximum atomic E-state index is 13.4. The first-order chi connectivity index (χ1) is 13.5. The predicted molar refractivity (Wildman–Crippen MR) is 98.7 cm³/mol. The molecule has 0 bridgehead atoms. The molecule has 2 aromatic carbocycles. The number of aromatic nitrogens is 2. The Morgan fingerprint density at radius 1 is 1.11 bits per heavy atom. The summed E-state index contributed by atoms with van der Waals surface area (Å²) in [6, 6.07) is 10.1. The summed E-state index contributed by atoms with van der Waals surface area (Å²) in [7, 11) is 0. The van der Waals surface area contributed by atoms with Gasteiger partial charge >= 0.3 is 5.97 Å². The first-order valence-corrected chi connectivity index (χ1v) is 8.76. The van der Waals surface area contributed by atoms with Crippen molar-refractivity contribution in [1.82, 2.24) is 15.1 Å². The van der Waals surface area contributed by atoms with E-state index in [4.69, 9.17) is 0 Å². The fraction of sp³-hybridized carbons (Fsp3) is 0.200. The van der Waals surface area contributed by atoms with Crippen molar-refractivity contribution >= 4 is 22.6 Å². The van der Waals surface area contributed by atoms with Crippen molar-refractivity contribution in [2.75, 3.05) is 0 Å². The average Bonchev–Trinajstić information content (AvgIpc) is 3.49. The van der Waals surface area contributed by atoms with Crippen molar-refractivity contribution in [3.05, 3.63) is 76.0 Å². The molecule has 0 spiro atoms. The van der Waals surface area contributed by atoms with Gasteiger partial charge in [0.1, 0.15) is 5.82 Å². The standard InChI is InChI=1S/C20H16FN3O4/c21-12-7-5-11(6-8-12)17(18(25)22-13-9-10-13)24-19(26)15-4-2-1-3-14(15)16(23-24)20(27)28/h1-8,13,17H,9-10H2,(H,22,25)(H,27,28). The molecule has 1 saturated carbocycles. The second-order valence-electron chi connectivity index (χ2n) is 6.69. The first kappa shape index (κ1) is 17.8. The predicted octanol–water partition coefficient (Wildman–Crippen LogP) is 2.10. The fourth-order valence-electron chi connectivity index (χ4n) is 3.10. The number of carbonyl (C=O) groups excluding carboxylic acids is 1. The number of carboxylic acids is 1. The van der Waals surface area contributed by atoms with E-state index in [1.54, 1.807) is 12.1 Å². The van der Waals surface area contributed by atoms with E-state index in [1.165, 1.54) is 36.4 Å². The smallest absolute Gasteiger partial charge is 0.357 e. The number of hydrogen-bond donors (Lipinski definition) is 2. The third-order valence-corrected chi connectivity index (χ3v) is 4.63. The van der Waals surface area contributed by atoms with E-state index in [-0.39, 0.29) is 22.5 Å². The summed E-state index contributed by atoms with van der Waals surface area (Å²) in [5.41, 5.74) is -0.594. The van der Waals surface area contributed by atoms with E-state index in [0.717, 1.165) is 17.5 Å². The molecule has 7 nitrogen and oxygen atoms in total. The number of benzene rings is 2. The minimum atomic E-state index is -1.31. The third-order valence-electron chi connectivity index (χ3n) is 4.63. The van der Waals surface area contributed by atoms with Crippen LogP contribution in [0.3, 0.4) is 0 Å². The van der Waals surface area contributed by atoms with E-state index in [9.17, 15) is 23.9 Å². The zero-order chi connectivity index (χ0) is 19.8. The molecule has 8 heteroatoms. The molecule has 0 radical (unpaired) electrons. The van der Waals surface area contributed by atoms with Gasteiger partial charge in [0, 0.05) is 11.4 Å². The van der Waals surface area contributed by atoms with Crippen LogP contribution in [0, 0.1) is 5.82 Å². The quantitative estimate of drug-likeness (QED) is 0.705. The molecule has 28 heavy (non-hydrogen) atoms. The lowest BCUT2D eigenvalue weighted by atomic mass is 10.1. The maximum absolute atomic E-state index is 13.4. The van der Waals surface area contributed by atoms with E-state index in [2.05, 4.69) is 10.4 Å². The molecule has 1 aliphatic carbocycles. The summed E-state index contributed by atoms with van der Waals surface area (Å²) >= 11 is 0. The third kappa shape index (κ3) is 3.24. The van der Waals surface area contributed by atoms with Crippen LogP contribution in [0.15, 0.2) is 53.3 Å². The second-order valence-corrected chi connectivity index (χ2v) is 6.69. The van der Waals surface area contributed by atoms with Crippen LogP contribution in [0.25, 0.3) is 10.8 Å². The van der Waals surface area contributed by atoms with Crippen LogP contribution in [0.4, 0.5) is 4.39 Å². The molecular weight excluding hydrogens is 365 g/mol. The summed E-state index contributed by atoms with van der Waals surface area (Å²) in [6.07, 6.45) is 1.67. The van der Waals surface area contributed by atoms with Crippen molar-refractivity contribution in [3.8, 4) is 0 Å². The Morgan fingerprint density at radius 3 is 2.36 bits per heavy atom. The van der Waals surface area contributed by atoms with Crippen molar-refractivity contribution < 1.29 is 19.1 Å². The minimum Gasteiger partial charge on any atom is -0.476 e. The summed E-state index contributed by atoms with van der Waals surface area (Å²) in [4.78, 5) is 37.7. The number of rotatable bonds is 5. The van der Waals surface area contributed by atoms with Crippen LogP contribution in [0.5, 0.6) is 0 Å². The van der Waals surface area contributed by atoms with Crippen LogP contribution < -0.4 is 10.9 Å². The number of carbonyl (C=O) groups is 2. The lowest BCUT2D eigenvalue weighted by Crippen LogP contribution is -2.40. The Bertz CT molecular complexity index is 1140. The van der Waals surface area contributed by atoms with Gasteiger partial charge in [-0.05, 0) is 36.6 Å². The normalized spacial score (nSPS) is 14.6. The van der Waals surface area contributed by atoms with Crippen LogP contribution in [-0.2, 0) is 4.79 Å². The van der Waals surface area contributed by atoms with E-state index in [1.807, 2.05) is 0 Å². The number of amides is 1. The number of fused-ring (bicyclic) bond motifs is 1. The zero-order valence-electron chi connectivity index (χ0n) is 14.6. The summed E-state index contributed by atoms with van der Waals surface area (Å²) < 4.78 is 14.2. The van der Waals surface area contributed by atoms with Crippen LogP contribution >= 0.6 is 0 Å². The molecule has 142 valence electrons. The van der Waals surface area contributed by atoms with Crippen LogP contribution in [-0.4, -0.2) is 32.8 Å². The molecule has 3 aromatic rings. The van der Waals surface area contributed by atoms with Crippen molar-refractivity contribution in [2.45, 2.75) is 24.9 Å². The number of carboxylic acid groups (broad SMARTS) is 1. The molecule has 1 fully saturated rings. The van der Waals surface area contributed by atoms with Gasteiger partial charge in [0.2, 0.25) is 5.91 Å². The monoisotopic (exact) mass is 381 g/mol. The minimum absolute atomic E-state index is 0.0190. The van der Waals surface area contributed by atoms with Gasteiger partial charge in [-0.2, -0.15) is 5.10 Å². The molecule has 1 atom stereocenters. The van der Waals surface area contributed by atoms with Gasteiger partial charge in [-0.15, -0.1) is 0 Å².